The molecule has 22 heavy (non-hydrogen) atoms. The van der Waals surface area contributed by atoms with Gasteiger partial charge in [-0.1, -0.05) is 62.6 Å². The number of carbonyl (C=O) groups is 1. The highest BCUT2D eigenvalue weighted by molar-refractivity contribution is 5.66. The van der Waals surface area contributed by atoms with Crippen LogP contribution in [0.2, 0.25) is 0 Å². The van der Waals surface area contributed by atoms with Gasteiger partial charge < -0.3 is 5.11 Å². The first-order valence-corrected chi connectivity index (χ1v) is 8.95. The van der Waals surface area contributed by atoms with Crippen molar-refractivity contribution in [3.05, 3.63) is 36.5 Å². The molecule has 0 aromatic rings. The maximum absolute atomic E-state index is 10.3. The van der Waals surface area contributed by atoms with Crippen molar-refractivity contribution in [2.75, 3.05) is 0 Å². The van der Waals surface area contributed by atoms with E-state index in [9.17, 15) is 4.79 Å². The minimum Gasteiger partial charge on any atom is -0.481 e. The summed E-state index contributed by atoms with van der Waals surface area (Å²) >= 11 is 0. The van der Waals surface area contributed by atoms with Crippen LogP contribution >= 0.6 is 0 Å². The molecule has 0 rings (SSSR count). The molecule has 2 heteroatoms. The van der Waals surface area contributed by atoms with E-state index < -0.39 is 5.97 Å². The fourth-order valence-electron chi connectivity index (χ4n) is 2.17. The summed E-state index contributed by atoms with van der Waals surface area (Å²) in [7, 11) is 0. The van der Waals surface area contributed by atoms with Crippen molar-refractivity contribution in [3.8, 4) is 0 Å². The number of rotatable bonds is 15. The maximum atomic E-state index is 10.3. The van der Waals surface area contributed by atoms with Crippen molar-refractivity contribution in [1.82, 2.24) is 0 Å². The Morgan fingerprint density at radius 3 is 1.77 bits per heavy atom. The second-order valence-electron chi connectivity index (χ2n) is 5.75. The summed E-state index contributed by atoms with van der Waals surface area (Å²) in [5.74, 6) is -0.709. The zero-order valence-corrected chi connectivity index (χ0v) is 14.3. The minimum absolute atomic E-state index is 0.265. The van der Waals surface area contributed by atoms with Crippen molar-refractivity contribution in [2.45, 2.75) is 84.0 Å². The Balaban J connectivity index is 3.26. The van der Waals surface area contributed by atoms with Crippen LogP contribution in [-0.2, 0) is 4.79 Å². The molecule has 0 unspecified atom stereocenters. The van der Waals surface area contributed by atoms with E-state index in [4.69, 9.17) is 5.11 Å². The molecular formula is C20H34O2. The molecule has 0 heterocycles. The van der Waals surface area contributed by atoms with Gasteiger partial charge >= 0.3 is 5.97 Å². The molecule has 1 N–H and O–H groups in total. The van der Waals surface area contributed by atoms with Crippen molar-refractivity contribution >= 4 is 5.97 Å². The van der Waals surface area contributed by atoms with E-state index >= 15 is 0 Å². The van der Waals surface area contributed by atoms with Crippen LogP contribution in [0, 0.1) is 0 Å². The van der Waals surface area contributed by atoms with Crippen molar-refractivity contribution < 1.29 is 9.90 Å². The zero-order chi connectivity index (χ0) is 16.3. The average Bonchev–Trinajstić information content (AvgIpc) is 2.50. The van der Waals surface area contributed by atoms with Crippen LogP contribution in [0.3, 0.4) is 0 Å². The van der Waals surface area contributed by atoms with Crippen LogP contribution in [0.1, 0.15) is 84.0 Å². The predicted octanol–water partition coefficient (Wildman–Crippen LogP) is 6.44. The molecule has 0 radical (unpaired) electrons. The first-order valence-electron chi connectivity index (χ1n) is 8.95. The van der Waals surface area contributed by atoms with E-state index in [0.29, 0.717) is 0 Å². The molecule has 0 aliphatic heterocycles. The molecule has 0 aliphatic carbocycles. The van der Waals surface area contributed by atoms with Crippen LogP contribution in [0.5, 0.6) is 0 Å². The Morgan fingerprint density at radius 2 is 1.23 bits per heavy atom. The van der Waals surface area contributed by atoms with Crippen molar-refractivity contribution in [1.29, 1.82) is 0 Å². The lowest BCUT2D eigenvalue weighted by Crippen LogP contribution is -1.92. The Bertz CT molecular complexity index is 327. The lowest BCUT2D eigenvalue weighted by atomic mass is 10.1. The molecule has 0 aliphatic rings. The van der Waals surface area contributed by atoms with E-state index in [1.807, 2.05) is 12.2 Å². The van der Waals surface area contributed by atoms with Gasteiger partial charge in [0.05, 0.1) is 0 Å². The van der Waals surface area contributed by atoms with E-state index in [1.165, 1.54) is 51.4 Å². The second kappa shape index (κ2) is 17.7. The Kier molecular flexibility index (Phi) is 16.7. The van der Waals surface area contributed by atoms with Gasteiger partial charge in [0.2, 0.25) is 0 Å². The van der Waals surface area contributed by atoms with E-state index in [1.54, 1.807) is 0 Å². The third-order valence-corrected chi connectivity index (χ3v) is 3.53. The number of aliphatic carboxylic acids is 1. The second-order valence-corrected chi connectivity index (χ2v) is 5.75. The van der Waals surface area contributed by atoms with Gasteiger partial charge in [0.15, 0.2) is 0 Å². The number of carboxylic acids is 1. The predicted molar refractivity (Wildman–Crippen MR) is 96.1 cm³/mol. The van der Waals surface area contributed by atoms with Crippen molar-refractivity contribution in [3.63, 3.8) is 0 Å². The SMILES string of the molecule is CCCCC/C=C/CCCCC/C=C/C=C/CCCC(=O)O. The largest absolute Gasteiger partial charge is 0.481 e. The van der Waals surface area contributed by atoms with Crippen molar-refractivity contribution in [2.24, 2.45) is 0 Å². The topological polar surface area (TPSA) is 37.3 Å². The van der Waals surface area contributed by atoms with Crippen LogP contribution in [-0.4, -0.2) is 11.1 Å². The minimum atomic E-state index is -0.709. The summed E-state index contributed by atoms with van der Waals surface area (Å²) in [5.41, 5.74) is 0. The number of hydrogen-bond donors (Lipinski definition) is 1. The molecule has 126 valence electrons. The lowest BCUT2D eigenvalue weighted by Gasteiger charge is -1.95. The number of hydrogen-bond acceptors (Lipinski definition) is 1. The van der Waals surface area contributed by atoms with Crippen LogP contribution < -0.4 is 0 Å². The average molecular weight is 306 g/mol. The third-order valence-electron chi connectivity index (χ3n) is 3.53. The molecule has 0 aromatic heterocycles. The summed E-state index contributed by atoms with van der Waals surface area (Å²) in [4.78, 5) is 10.3. The van der Waals surface area contributed by atoms with Gasteiger partial charge in [0, 0.05) is 6.42 Å². The zero-order valence-electron chi connectivity index (χ0n) is 14.3. The van der Waals surface area contributed by atoms with Crippen LogP contribution in [0.15, 0.2) is 36.5 Å². The monoisotopic (exact) mass is 306 g/mol. The molecule has 0 atom stereocenters. The Hall–Kier alpha value is -1.31. The molecule has 0 spiro atoms. The molecule has 2 nitrogen and oxygen atoms in total. The number of unbranched alkanes of at least 4 members (excludes halogenated alkanes) is 8. The van der Waals surface area contributed by atoms with Gasteiger partial charge in [-0.05, 0) is 51.4 Å². The summed E-state index contributed by atoms with van der Waals surface area (Å²) in [6.45, 7) is 2.24. The lowest BCUT2D eigenvalue weighted by molar-refractivity contribution is -0.137. The molecule has 0 aromatic carbocycles. The summed E-state index contributed by atoms with van der Waals surface area (Å²) in [6, 6.07) is 0. The molecule has 0 amide bonds. The number of allylic oxidation sites excluding steroid dienone is 6. The van der Waals surface area contributed by atoms with Gasteiger partial charge in [-0.2, -0.15) is 0 Å². The standard InChI is InChI=1S/C20H34O2/c1-2-3-4-5-6-7-8-9-10-11-12-13-14-15-16-17-18-19-20(21)22/h6-7,13-16H,2-5,8-12,17-19H2,1H3,(H,21,22)/b7-6+,14-13+,16-15+. The van der Waals surface area contributed by atoms with Gasteiger partial charge in [0.25, 0.3) is 0 Å². The summed E-state index contributed by atoms with van der Waals surface area (Å²) in [5, 5.41) is 8.50. The van der Waals surface area contributed by atoms with Gasteiger partial charge in [-0.15, -0.1) is 0 Å². The first-order chi connectivity index (χ1) is 10.8. The summed E-state index contributed by atoms with van der Waals surface area (Å²) in [6.07, 6.45) is 26.3. The fourth-order valence-corrected chi connectivity index (χ4v) is 2.17. The normalized spacial score (nSPS) is 12.0. The number of carboxylic acid groups (broad SMARTS) is 1. The van der Waals surface area contributed by atoms with E-state index in [-0.39, 0.29) is 6.42 Å². The Morgan fingerprint density at radius 1 is 0.727 bits per heavy atom. The van der Waals surface area contributed by atoms with Crippen LogP contribution in [0.4, 0.5) is 0 Å². The molecule has 0 saturated heterocycles. The highest BCUT2D eigenvalue weighted by atomic mass is 16.4. The molecule has 0 bridgehead atoms. The summed E-state index contributed by atoms with van der Waals surface area (Å²) < 4.78 is 0. The van der Waals surface area contributed by atoms with Gasteiger partial charge in [0.1, 0.15) is 0 Å². The fraction of sp³-hybridized carbons (Fsp3) is 0.650. The Labute approximate surface area is 137 Å². The third kappa shape index (κ3) is 18.7. The van der Waals surface area contributed by atoms with Gasteiger partial charge in [-0.25, -0.2) is 0 Å². The smallest absolute Gasteiger partial charge is 0.303 e. The van der Waals surface area contributed by atoms with E-state index in [2.05, 4.69) is 31.2 Å². The first kappa shape index (κ1) is 20.7. The molecule has 0 saturated carbocycles. The molecule has 0 fully saturated rings. The van der Waals surface area contributed by atoms with Gasteiger partial charge in [-0.3, -0.25) is 4.79 Å². The van der Waals surface area contributed by atoms with E-state index in [0.717, 1.165) is 19.3 Å². The highest BCUT2D eigenvalue weighted by Gasteiger charge is 1.92. The maximum Gasteiger partial charge on any atom is 0.303 e. The highest BCUT2D eigenvalue weighted by Crippen LogP contribution is 2.06. The van der Waals surface area contributed by atoms with Crippen LogP contribution in [0.25, 0.3) is 0 Å². The molecular weight excluding hydrogens is 272 g/mol. The quantitative estimate of drug-likeness (QED) is 0.215.